The van der Waals surface area contributed by atoms with Gasteiger partial charge in [0.25, 0.3) is 0 Å². The average Bonchev–Trinajstić information content (AvgIpc) is 3.06. The highest BCUT2D eigenvalue weighted by Gasteiger charge is 2.15. The zero-order valence-corrected chi connectivity index (χ0v) is 14.2. The van der Waals surface area contributed by atoms with Gasteiger partial charge in [-0.25, -0.2) is 19.6 Å². The Labute approximate surface area is 150 Å². The van der Waals surface area contributed by atoms with Crippen molar-refractivity contribution in [2.75, 3.05) is 0 Å². The standard InChI is InChI=1S/C21H15N5/c1-14-18-19-16(12-22-20(24-19)15-8-4-2-5-9-15)13-23-21(18)26(25-14)17-10-6-3-7-11-17/h2-13H,1H3. The van der Waals surface area contributed by atoms with Crippen LogP contribution in [-0.4, -0.2) is 24.7 Å². The Bertz CT molecular complexity index is 1230. The van der Waals surface area contributed by atoms with E-state index in [0.717, 1.165) is 38.9 Å². The molecule has 124 valence electrons. The number of rotatable bonds is 2. The molecule has 26 heavy (non-hydrogen) atoms. The van der Waals surface area contributed by atoms with Gasteiger partial charge in [-0.2, -0.15) is 5.10 Å². The van der Waals surface area contributed by atoms with Gasteiger partial charge >= 0.3 is 0 Å². The van der Waals surface area contributed by atoms with Crippen molar-refractivity contribution in [1.29, 1.82) is 0 Å². The molecule has 3 aromatic heterocycles. The quantitative estimate of drug-likeness (QED) is 0.481. The van der Waals surface area contributed by atoms with E-state index in [1.54, 1.807) is 0 Å². The molecule has 0 aliphatic rings. The molecule has 0 saturated carbocycles. The summed E-state index contributed by atoms with van der Waals surface area (Å²) in [6, 6.07) is 20.0. The summed E-state index contributed by atoms with van der Waals surface area (Å²) in [5, 5.41) is 6.58. The van der Waals surface area contributed by atoms with Crippen LogP contribution in [-0.2, 0) is 0 Å². The fraction of sp³-hybridized carbons (Fsp3) is 0.0476. The van der Waals surface area contributed by atoms with Crippen molar-refractivity contribution in [3.63, 3.8) is 0 Å². The Morgan fingerprint density at radius 2 is 1.50 bits per heavy atom. The first-order valence-corrected chi connectivity index (χ1v) is 8.43. The van der Waals surface area contributed by atoms with Crippen molar-refractivity contribution in [3.05, 3.63) is 78.8 Å². The highest BCUT2D eigenvalue weighted by Crippen LogP contribution is 2.28. The molecule has 0 amide bonds. The summed E-state index contributed by atoms with van der Waals surface area (Å²) in [4.78, 5) is 14.0. The van der Waals surface area contributed by atoms with Crippen LogP contribution < -0.4 is 0 Å². The molecule has 5 heteroatoms. The third-order valence-corrected chi connectivity index (χ3v) is 4.45. The van der Waals surface area contributed by atoms with Crippen molar-refractivity contribution in [3.8, 4) is 17.1 Å². The van der Waals surface area contributed by atoms with E-state index in [9.17, 15) is 0 Å². The molecule has 0 fully saturated rings. The molecular formula is C21H15N5. The van der Waals surface area contributed by atoms with Gasteiger partial charge in [0, 0.05) is 23.3 Å². The van der Waals surface area contributed by atoms with E-state index in [-0.39, 0.29) is 0 Å². The van der Waals surface area contributed by atoms with Crippen LogP contribution in [0, 0.1) is 6.92 Å². The molecule has 3 heterocycles. The van der Waals surface area contributed by atoms with Crippen LogP contribution in [0.15, 0.2) is 73.1 Å². The topological polar surface area (TPSA) is 56.5 Å². The number of hydrogen-bond donors (Lipinski definition) is 0. The molecule has 5 rings (SSSR count). The summed E-state index contributed by atoms with van der Waals surface area (Å²) in [7, 11) is 0. The third-order valence-electron chi connectivity index (χ3n) is 4.45. The fourth-order valence-corrected chi connectivity index (χ4v) is 3.20. The molecule has 0 saturated heterocycles. The molecule has 0 atom stereocenters. The van der Waals surface area contributed by atoms with Gasteiger partial charge in [0.05, 0.1) is 22.3 Å². The molecule has 0 spiro atoms. The number of hydrogen-bond acceptors (Lipinski definition) is 4. The van der Waals surface area contributed by atoms with Gasteiger partial charge in [-0.15, -0.1) is 0 Å². The van der Waals surface area contributed by atoms with E-state index in [4.69, 9.17) is 10.1 Å². The van der Waals surface area contributed by atoms with Crippen LogP contribution in [0.1, 0.15) is 5.69 Å². The van der Waals surface area contributed by atoms with Crippen LogP contribution in [0.25, 0.3) is 39.0 Å². The Balaban J connectivity index is 1.81. The lowest BCUT2D eigenvalue weighted by Crippen LogP contribution is -1.97. The monoisotopic (exact) mass is 337 g/mol. The van der Waals surface area contributed by atoms with Crippen molar-refractivity contribution in [1.82, 2.24) is 24.7 Å². The molecule has 0 aliphatic heterocycles. The van der Waals surface area contributed by atoms with Crippen LogP contribution in [0.2, 0.25) is 0 Å². The van der Waals surface area contributed by atoms with Gasteiger partial charge in [-0.1, -0.05) is 48.5 Å². The molecule has 0 aliphatic carbocycles. The van der Waals surface area contributed by atoms with E-state index in [2.05, 4.69) is 9.97 Å². The van der Waals surface area contributed by atoms with E-state index in [1.165, 1.54) is 0 Å². The van der Waals surface area contributed by atoms with Gasteiger partial charge in [0.2, 0.25) is 0 Å². The average molecular weight is 337 g/mol. The number of pyridine rings is 1. The summed E-state index contributed by atoms with van der Waals surface area (Å²) in [6.07, 6.45) is 3.64. The lowest BCUT2D eigenvalue weighted by Gasteiger charge is -2.05. The van der Waals surface area contributed by atoms with E-state index in [1.807, 2.05) is 84.7 Å². The number of para-hydroxylation sites is 1. The van der Waals surface area contributed by atoms with Crippen LogP contribution >= 0.6 is 0 Å². The second-order valence-electron chi connectivity index (χ2n) is 6.15. The van der Waals surface area contributed by atoms with E-state index < -0.39 is 0 Å². The number of aryl methyl sites for hydroxylation is 1. The molecule has 5 aromatic rings. The van der Waals surface area contributed by atoms with Gasteiger partial charge in [0.1, 0.15) is 0 Å². The first-order chi connectivity index (χ1) is 12.8. The van der Waals surface area contributed by atoms with Gasteiger partial charge in [0.15, 0.2) is 11.5 Å². The first kappa shape index (κ1) is 14.7. The normalized spacial score (nSPS) is 11.3. The molecule has 0 N–H and O–H groups in total. The van der Waals surface area contributed by atoms with Crippen LogP contribution in [0.5, 0.6) is 0 Å². The van der Waals surface area contributed by atoms with Crippen molar-refractivity contribution in [2.24, 2.45) is 0 Å². The second-order valence-corrected chi connectivity index (χ2v) is 6.15. The summed E-state index contributed by atoms with van der Waals surface area (Å²) < 4.78 is 1.87. The molecule has 2 aromatic carbocycles. The SMILES string of the molecule is Cc1nn(-c2ccccc2)c2ncc3cnc(-c4ccccc4)nc3c12. The van der Waals surface area contributed by atoms with Crippen molar-refractivity contribution < 1.29 is 0 Å². The van der Waals surface area contributed by atoms with Gasteiger partial charge in [-0.3, -0.25) is 0 Å². The minimum Gasteiger partial charge on any atom is -0.236 e. The lowest BCUT2D eigenvalue weighted by molar-refractivity contribution is 0.878. The number of aromatic nitrogens is 5. The summed E-state index contributed by atoms with van der Waals surface area (Å²) >= 11 is 0. The Kier molecular flexibility index (Phi) is 3.25. The highest BCUT2D eigenvalue weighted by molar-refractivity contribution is 6.03. The molecule has 0 radical (unpaired) electrons. The Morgan fingerprint density at radius 3 is 2.27 bits per heavy atom. The van der Waals surface area contributed by atoms with Crippen molar-refractivity contribution in [2.45, 2.75) is 6.92 Å². The summed E-state index contributed by atoms with van der Waals surface area (Å²) in [5.74, 6) is 0.706. The second kappa shape index (κ2) is 5.74. The third kappa shape index (κ3) is 2.25. The van der Waals surface area contributed by atoms with Gasteiger partial charge < -0.3 is 0 Å². The highest BCUT2D eigenvalue weighted by atomic mass is 15.3. The maximum absolute atomic E-state index is 4.84. The van der Waals surface area contributed by atoms with Crippen molar-refractivity contribution >= 4 is 21.9 Å². The number of benzene rings is 2. The lowest BCUT2D eigenvalue weighted by atomic mass is 10.1. The fourth-order valence-electron chi connectivity index (χ4n) is 3.20. The summed E-state index contributed by atoms with van der Waals surface area (Å²) in [5.41, 5.74) is 4.56. The Morgan fingerprint density at radius 1 is 0.808 bits per heavy atom. The van der Waals surface area contributed by atoms with Crippen LogP contribution in [0.3, 0.4) is 0 Å². The number of fused-ring (bicyclic) bond motifs is 3. The first-order valence-electron chi connectivity index (χ1n) is 8.43. The molecule has 0 bridgehead atoms. The largest absolute Gasteiger partial charge is 0.236 e. The predicted octanol–water partition coefficient (Wildman–Crippen LogP) is 4.34. The summed E-state index contributed by atoms with van der Waals surface area (Å²) in [6.45, 7) is 1.99. The molecule has 0 unspecified atom stereocenters. The minimum absolute atomic E-state index is 0.706. The maximum Gasteiger partial charge on any atom is 0.165 e. The van der Waals surface area contributed by atoms with E-state index >= 15 is 0 Å². The maximum atomic E-state index is 4.84. The molecule has 5 nitrogen and oxygen atoms in total. The zero-order chi connectivity index (χ0) is 17.5. The van der Waals surface area contributed by atoms with Gasteiger partial charge in [-0.05, 0) is 19.1 Å². The minimum atomic E-state index is 0.706. The van der Waals surface area contributed by atoms with E-state index in [0.29, 0.717) is 5.82 Å². The Hall–Kier alpha value is -3.60. The molecular weight excluding hydrogens is 322 g/mol. The zero-order valence-electron chi connectivity index (χ0n) is 14.2. The number of nitrogens with zero attached hydrogens (tertiary/aromatic N) is 5. The smallest absolute Gasteiger partial charge is 0.165 e. The van der Waals surface area contributed by atoms with Crippen LogP contribution in [0.4, 0.5) is 0 Å². The predicted molar refractivity (Wildman–Crippen MR) is 102 cm³/mol.